The van der Waals surface area contributed by atoms with Crippen LogP contribution in [-0.2, 0) is 4.74 Å². The van der Waals surface area contributed by atoms with E-state index in [1.807, 2.05) is 0 Å². The molecule has 1 saturated heterocycles. The van der Waals surface area contributed by atoms with E-state index in [2.05, 4.69) is 4.98 Å². The van der Waals surface area contributed by atoms with Gasteiger partial charge in [-0.2, -0.15) is 0 Å². The number of rotatable bonds is 5. The van der Waals surface area contributed by atoms with E-state index in [4.69, 9.17) is 13.9 Å². The lowest BCUT2D eigenvalue weighted by molar-refractivity contribution is -0.234. The highest BCUT2D eigenvalue weighted by Gasteiger charge is 2.43. The van der Waals surface area contributed by atoms with Crippen LogP contribution in [0.4, 0.5) is 0 Å². The second kappa shape index (κ2) is 8.50. The van der Waals surface area contributed by atoms with Gasteiger partial charge in [-0.05, 0) is 24.3 Å². The Labute approximate surface area is 170 Å². The van der Waals surface area contributed by atoms with Crippen molar-refractivity contribution in [1.82, 2.24) is 4.98 Å². The first-order valence-corrected chi connectivity index (χ1v) is 9.40. The lowest BCUT2D eigenvalue weighted by atomic mass is 9.95. The van der Waals surface area contributed by atoms with E-state index in [0.717, 1.165) is 0 Å². The lowest BCUT2D eigenvalue weighted by Crippen LogP contribution is -2.59. The predicted octanol–water partition coefficient (Wildman–Crippen LogP) is 0.0762. The molecule has 1 aromatic carbocycles. The molecule has 3 heterocycles. The Balaban J connectivity index is 1.53. The molecular weight excluding hydrogens is 394 g/mol. The van der Waals surface area contributed by atoms with E-state index in [9.17, 15) is 25.2 Å². The number of pyridine rings is 1. The number of nitrogens with zero attached hydrogens (tertiary/aromatic N) is 1. The van der Waals surface area contributed by atoms with Gasteiger partial charge >= 0.3 is 0 Å². The summed E-state index contributed by atoms with van der Waals surface area (Å²) in [5.74, 6) is 0.355. The Kier molecular flexibility index (Phi) is 5.80. The van der Waals surface area contributed by atoms with Crippen LogP contribution in [-0.4, -0.2) is 69.1 Å². The summed E-state index contributed by atoms with van der Waals surface area (Å²) < 4.78 is 16.6. The summed E-state index contributed by atoms with van der Waals surface area (Å²) in [6.07, 6.45) is -3.31. The van der Waals surface area contributed by atoms with E-state index in [1.165, 1.54) is 12.3 Å². The van der Waals surface area contributed by atoms with Crippen LogP contribution in [0.3, 0.4) is 0 Å². The third-order valence-electron chi connectivity index (χ3n) is 5.09. The second-order valence-electron chi connectivity index (χ2n) is 7.03. The van der Waals surface area contributed by atoms with Crippen molar-refractivity contribution >= 4 is 11.0 Å². The summed E-state index contributed by atoms with van der Waals surface area (Å²) in [4.78, 5) is 16.9. The molecule has 1 aliphatic rings. The van der Waals surface area contributed by atoms with Crippen LogP contribution in [0, 0.1) is 0 Å². The molecule has 0 bridgehead atoms. The van der Waals surface area contributed by atoms with E-state index in [-0.39, 0.29) is 12.0 Å². The van der Waals surface area contributed by atoms with Gasteiger partial charge in [0.25, 0.3) is 0 Å². The quantitative estimate of drug-likeness (QED) is 0.455. The minimum atomic E-state index is -1.47. The molecule has 0 amide bonds. The van der Waals surface area contributed by atoms with Crippen LogP contribution in [0.2, 0.25) is 0 Å². The first-order valence-electron chi connectivity index (χ1n) is 9.40. The molecule has 1 aliphatic heterocycles. The summed E-state index contributed by atoms with van der Waals surface area (Å²) in [7, 11) is 0. The fourth-order valence-corrected chi connectivity index (χ4v) is 3.39. The maximum atomic E-state index is 12.8. The summed E-state index contributed by atoms with van der Waals surface area (Å²) >= 11 is 0. The molecule has 9 heteroatoms. The molecular formula is C21H21NO8. The molecule has 0 spiro atoms. The summed E-state index contributed by atoms with van der Waals surface area (Å²) in [5, 5.41) is 39.4. The first-order chi connectivity index (χ1) is 14.5. The summed E-state index contributed by atoms with van der Waals surface area (Å²) in [6.45, 7) is -0.662. The van der Waals surface area contributed by atoms with E-state index < -0.39 is 37.1 Å². The molecule has 1 fully saturated rings. The van der Waals surface area contributed by atoms with E-state index in [0.29, 0.717) is 28.0 Å². The molecule has 4 N–H and O–H groups in total. The Hall–Kier alpha value is -2.82. The number of fused-ring (bicyclic) bond motifs is 1. The predicted molar refractivity (Wildman–Crippen MR) is 105 cm³/mol. The minimum Gasteiger partial charge on any atom is -0.491 e. The third-order valence-corrected chi connectivity index (χ3v) is 5.09. The monoisotopic (exact) mass is 415 g/mol. The second-order valence-corrected chi connectivity index (χ2v) is 7.03. The van der Waals surface area contributed by atoms with Crippen LogP contribution in [0.15, 0.2) is 58.1 Å². The number of aliphatic hydroxyl groups excluding tert-OH is 4. The molecule has 3 aromatic rings. The SMILES string of the molecule is O=c1c(-c2ccccn2)coc2cc(OCC3OC(CO)C(O)C(O)C3O)ccc12. The van der Waals surface area contributed by atoms with Gasteiger partial charge in [0, 0.05) is 12.3 Å². The smallest absolute Gasteiger partial charge is 0.202 e. The van der Waals surface area contributed by atoms with Crippen LogP contribution < -0.4 is 10.2 Å². The van der Waals surface area contributed by atoms with Crippen molar-refractivity contribution < 1.29 is 34.3 Å². The number of hydrogen-bond acceptors (Lipinski definition) is 9. The standard InChI is InChI=1S/C21H21NO8/c23-8-16-19(25)21(27)20(26)17(30-16)10-28-11-4-5-12-15(7-11)29-9-13(18(12)24)14-3-1-2-6-22-14/h1-7,9,16-17,19-21,23,25-27H,8,10H2. The molecule has 5 unspecified atom stereocenters. The first kappa shape index (κ1) is 20.5. The molecule has 0 aliphatic carbocycles. The summed E-state index contributed by atoms with van der Waals surface area (Å²) in [5.41, 5.74) is 0.940. The zero-order chi connectivity index (χ0) is 21.3. The van der Waals surface area contributed by atoms with Crippen LogP contribution in [0.1, 0.15) is 0 Å². The topological polar surface area (TPSA) is 142 Å². The average molecular weight is 415 g/mol. The number of aliphatic hydroxyl groups is 4. The van der Waals surface area contributed by atoms with Crippen LogP contribution in [0.5, 0.6) is 5.75 Å². The molecule has 4 rings (SSSR count). The van der Waals surface area contributed by atoms with Gasteiger partial charge in [-0.15, -0.1) is 0 Å². The Bertz CT molecular complexity index is 1070. The normalized spacial score (nSPS) is 26.6. The third kappa shape index (κ3) is 3.81. The van der Waals surface area contributed by atoms with E-state index >= 15 is 0 Å². The van der Waals surface area contributed by atoms with Crippen molar-refractivity contribution in [3.63, 3.8) is 0 Å². The van der Waals surface area contributed by atoms with Gasteiger partial charge in [-0.1, -0.05) is 6.07 Å². The summed E-state index contributed by atoms with van der Waals surface area (Å²) in [6, 6.07) is 9.92. The molecule has 9 nitrogen and oxygen atoms in total. The number of hydrogen-bond donors (Lipinski definition) is 4. The van der Waals surface area contributed by atoms with Crippen molar-refractivity contribution in [3.05, 3.63) is 59.1 Å². The van der Waals surface area contributed by atoms with E-state index in [1.54, 1.807) is 36.5 Å². The fraction of sp³-hybridized carbons (Fsp3) is 0.333. The molecule has 158 valence electrons. The Morgan fingerprint density at radius 2 is 1.83 bits per heavy atom. The fourth-order valence-electron chi connectivity index (χ4n) is 3.39. The lowest BCUT2D eigenvalue weighted by Gasteiger charge is -2.39. The average Bonchev–Trinajstić information content (AvgIpc) is 2.78. The van der Waals surface area contributed by atoms with Crippen LogP contribution in [0.25, 0.3) is 22.2 Å². The molecule has 2 aromatic heterocycles. The zero-order valence-corrected chi connectivity index (χ0v) is 15.8. The molecule has 30 heavy (non-hydrogen) atoms. The van der Waals surface area contributed by atoms with Gasteiger partial charge in [-0.3, -0.25) is 9.78 Å². The van der Waals surface area contributed by atoms with Crippen molar-refractivity contribution in [2.75, 3.05) is 13.2 Å². The largest absolute Gasteiger partial charge is 0.491 e. The van der Waals surface area contributed by atoms with Gasteiger partial charge in [0.1, 0.15) is 54.7 Å². The van der Waals surface area contributed by atoms with Crippen molar-refractivity contribution in [3.8, 4) is 17.0 Å². The number of benzene rings is 1. The van der Waals surface area contributed by atoms with Gasteiger partial charge in [0.2, 0.25) is 5.43 Å². The van der Waals surface area contributed by atoms with Crippen molar-refractivity contribution in [2.24, 2.45) is 0 Å². The van der Waals surface area contributed by atoms with Crippen LogP contribution >= 0.6 is 0 Å². The van der Waals surface area contributed by atoms with Gasteiger partial charge in [-0.25, -0.2) is 0 Å². The van der Waals surface area contributed by atoms with Crippen molar-refractivity contribution in [2.45, 2.75) is 30.5 Å². The maximum absolute atomic E-state index is 12.8. The van der Waals surface area contributed by atoms with Gasteiger partial charge in [0.15, 0.2) is 0 Å². The molecule has 0 radical (unpaired) electrons. The minimum absolute atomic E-state index is 0.150. The zero-order valence-electron chi connectivity index (χ0n) is 15.8. The van der Waals surface area contributed by atoms with Gasteiger partial charge < -0.3 is 34.3 Å². The molecule has 0 saturated carbocycles. The van der Waals surface area contributed by atoms with Crippen molar-refractivity contribution in [1.29, 1.82) is 0 Å². The Morgan fingerprint density at radius 1 is 1.03 bits per heavy atom. The molecule has 5 atom stereocenters. The Morgan fingerprint density at radius 3 is 2.57 bits per heavy atom. The highest BCUT2D eigenvalue weighted by molar-refractivity contribution is 5.81. The number of aromatic nitrogens is 1. The van der Waals surface area contributed by atoms with Gasteiger partial charge in [0.05, 0.1) is 23.3 Å². The highest BCUT2D eigenvalue weighted by atomic mass is 16.6. The highest BCUT2D eigenvalue weighted by Crippen LogP contribution is 2.25. The number of ether oxygens (including phenoxy) is 2. The maximum Gasteiger partial charge on any atom is 0.202 e.